The van der Waals surface area contributed by atoms with Crippen LogP contribution < -0.4 is 5.73 Å². The highest BCUT2D eigenvalue weighted by Gasteiger charge is 2.43. The molecule has 7 heteroatoms. The van der Waals surface area contributed by atoms with Crippen LogP contribution in [0.2, 0.25) is 0 Å². The van der Waals surface area contributed by atoms with Crippen LogP contribution in [-0.2, 0) is 4.74 Å². The van der Waals surface area contributed by atoms with Gasteiger partial charge in [0.1, 0.15) is 30.1 Å². The van der Waals surface area contributed by atoms with Crippen molar-refractivity contribution in [2.45, 2.75) is 24.4 Å². The summed E-state index contributed by atoms with van der Waals surface area (Å²) in [4.78, 5) is 15.0. The molecule has 0 saturated carbocycles. The fourth-order valence-corrected chi connectivity index (χ4v) is 1.89. The van der Waals surface area contributed by atoms with E-state index < -0.39 is 36.9 Å². The monoisotopic (exact) mass is 254 g/mol. The Morgan fingerprint density at radius 3 is 2.67 bits per heavy atom. The second-order valence-electron chi connectivity index (χ2n) is 4.07. The third-order valence-electron chi connectivity index (χ3n) is 2.86. The highest BCUT2D eigenvalue weighted by Crippen LogP contribution is 2.32. The van der Waals surface area contributed by atoms with E-state index in [1.54, 1.807) is 12.1 Å². The normalized spacial score (nSPS) is 31.5. The van der Waals surface area contributed by atoms with Crippen molar-refractivity contribution in [2.24, 2.45) is 5.73 Å². The predicted octanol–water partition coefficient (Wildman–Crippen LogP) is -1.67. The summed E-state index contributed by atoms with van der Waals surface area (Å²) in [5.74, 6) is -0.691. The average molecular weight is 254 g/mol. The molecule has 18 heavy (non-hydrogen) atoms. The van der Waals surface area contributed by atoms with Crippen LogP contribution in [0.3, 0.4) is 0 Å². The Kier molecular flexibility index (Phi) is 3.58. The number of carbonyl (C=O) groups is 1. The molecule has 0 spiro atoms. The van der Waals surface area contributed by atoms with Gasteiger partial charge < -0.3 is 25.8 Å². The van der Waals surface area contributed by atoms with Crippen LogP contribution in [-0.4, -0.2) is 51.1 Å². The highest BCUT2D eigenvalue weighted by atomic mass is 16.6. The molecule has 1 aromatic rings. The number of amides is 1. The lowest BCUT2D eigenvalue weighted by atomic mass is 10.1. The van der Waals surface area contributed by atoms with Crippen molar-refractivity contribution in [3.8, 4) is 0 Å². The van der Waals surface area contributed by atoms with Gasteiger partial charge in [-0.3, -0.25) is 4.79 Å². The predicted molar refractivity (Wildman–Crippen MR) is 59.5 cm³/mol. The first-order chi connectivity index (χ1) is 8.54. The maximum Gasteiger partial charge on any atom is 0.267 e. The Labute approximate surface area is 103 Å². The average Bonchev–Trinajstić information content (AvgIpc) is 2.66. The van der Waals surface area contributed by atoms with Crippen LogP contribution >= 0.6 is 0 Å². The Hall–Kier alpha value is -1.54. The smallest absolute Gasteiger partial charge is 0.267 e. The largest absolute Gasteiger partial charge is 0.394 e. The van der Waals surface area contributed by atoms with E-state index in [1.165, 1.54) is 6.07 Å². The lowest BCUT2D eigenvalue weighted by Crippen LogP contribution is -2.32. The van der Waals surface area contributed by atoms with Crippen LogP contribution in [0.15, 0.2) is 18.2 Å². The van der Waals surface area contributed by atoms with E-state index in [2.05, 4.69) is 4.98 Å². The van der Waals surface area contributed by atoms with Crippen molar-refractivity contribution in [1.82, 2.24) is 4.98 Å². The van der Waals surface area contributed by atoms with Gasteiger partial charge in [0, 0.05) is 0 Å². The molecule has 1 amide bonds. The number of ether oxygens (including phenoxy) is 1. The summed E-state index contributed by atoms with van der Waals surface area (Å²) < 4.78 is 5.29. The molecule has 0 bridgehead atoms. The molecule has 0 aliphatic carbocycles. The summed E-state index contributed by atoms with van der Waals surface area (Å²) in [6, 6.07) is 4.54. The van der Waals surface area contributed by atoms with Crippen LogP contribution in [0.4, 0.5) is 0 Å². The number of rotatable bonds is 3. The van der Waals surface area contributed by atoms with Crippen molar-refractivity contribution in [3.05, 3.63) is 29.6 Å². The van der Waals surface area contributed by atoms with E-state index >= 15 is 0 Å². The summed E-state index contributed by atoms with van der Waals surface area (Å²) in [6.45, 7) is -0.412. The molecular formula is C11H14N2O5. The molecule has 4 atom stereocenters. The highest BCUT2D eigenvalue weighted by molar-refractivity contribution is 5.90. The number of hydrogen-bond acceptors (Lipinski definition) is 6. The van der Waals surface area contributed by atoms with Crippen LogP contribution in [0.1, 0.15) is 22.3 Å². The second kappa shape index (κ2) is 4.99. The Balaban J connectivity index is 2.27. The van der Waals surface area contributed by atoms with Gasteiger partial charge in [-0.15, -0.1) is 0 Å². The number of primary amides is 1. The third kappa shape index (κ3) is 2.21. The summed E-state index contributed by atoms with van der Waals surface area (Å²) in [6.07, 6.45) is -4.17. The van der Waals surface area contributed by atoms with E-state index in [0.717, 1.165) is 0 Å². The standard InChI is InChI=1S/C11H14N2O5/c12-11(17)6-3-1-2-5(13-6)10-9(16)8(15)7(4-14)18-10/h1-3,7-10,14-16H,4H2,(H2,12,17)/t7-,8-,9-,10+/m1/s1. The molecule has 1 saturated heterocycles. The van der Waals surface area contributed by atoms with E-state index in [0.29, 0.717) is 0 Å². The number of hydrogen-bond donors (Lipinski definition) is 4. The minimum atomic E-state index is -1.21. The van der Waals surface area contributed by atoms with Gasteiger partial charge in [-0.25, -0.2) is 4.98 Å². The van der Waals surface area contributed by atoms with Crippen molar-refractivity contribution in [1.29, 1.82) is 0 Å². The number of aliphatic hydroxyl groups excluding tert-OH is 3. The second-order valence-corrected chi connectivity index (χ2v) is 4.07. The zero-order valence-electron chi connectivity index (χ0n) is 9.43. The lowest BCUT2D eigenvalue weighted by molar-refractivity contribution is -0.0239. The maximum atomic E-state index is 11.0. The first-order valence-corrected chi connectivity index (χ1v) is 5.43. The first-order valence-electron chi connectivity index (χ1n) is 5.43. The van der Waals surface area contributed by atoms with Gasteiger partial charge >= 0.3 is 0 Å². The van der Waals surface area contributed by atoms with Crippen LogP contribution in [0, 0.1) is 0 Å². The minimum absolute atomic E-state index is 0.0465. The molecule has 1 aliphatic heterocycles. The molecule has 0 radical (unpaired) electrons. The molecule has 2 rings (SSSR count). The van der Waals surface area contributed by atoms with Gasteiger partial charge in [0.15, 0.2) is 0 Å². The molecule has 1 aromatic heterocycles. The number of aromatic nitrogens is 1. The van der Waals surface area contributed by atoms with Gasteiger partial charge in [0.05, 0.1) is 12.3 Å². The van der Waals surface area contributed by atoms with Gasteiger partial charge in [0.25, 0.3) is 5.91 Å². The van der Waals surface area contributed by atoms with Crippen LogP contribution in [0.25, 0.3) is 0 Å². The lowest BCUT2D eigenvalue weighted by Gasteiger charge is -2.14. The summed E-state index contributed by atoms with van der Waals surface area (Å²) >= 11 is 0. The molecule has 1 aliphatic rings. The molecular weight excluding hydrogens is 240 g/mol. The zero-order chi connectivity index (χ0) is 13.3. The van der Waals surface area contributed by atoms with E-state index in [-0.39, 0.29) is 11.4 Å². The SMILES string of the molecule is NC(=O)c1cccc([C@@H]2O[C@H](CO)[C@@H](O)[C@H]2O)n1. The Bertz CT molecular complexity index is 453. The summed E-state index contributed by atoms with van der Waals surface area (Å²) in [5.41, 5.74) is 5.44. The zero-order valence-corrected chi connectivity index (χ0v) is 9.43. The van der Waals surface area contributed by atoms with Crippen molar-refractivity contribution >= 4 is 5.91 Å². The number of aliphatic hydroxyl groups is 3. The molecule has 5 N–H and O–H groups in total. The molecule has 98 valence electrons. The Morgan fingerprint density at radius 1 is 1.39 bits per heavy atom. The molecule has 7 nitrogen and oxygen atoms in total. The fraction of sp³-hybridized carbons (Fsp3) is 0.455. The number of nitrogens with zero attached hydrogens (tertiary/aromatic N) is 1. The Morgan fingerprint density at radius 2 is 2.11 bits per heavy atom. The molecule has 0 unspecified atom stereocenters. The van der Waals surface area contributed by atoms with Gasteiger partial charge in [0.2, 0.25) is 0 Å². The van der Waals surface area contributed by atoms with Gasteiger partial charge in [-0.2, -0.15) is 0 Å². The van der Waals surface area contributed by atoms with E-state index in [4.69, 9.17) is 15.6 Å². The molecule has 0 aromatic carbocycles. The van der Waals surface area contributed by atoms with Crippen LogP contribution in [0.5, 0.6) is 0 Å². The number of carbonyl (C=O) groups excluding carboxylic acids is 1. The fourth-order valence-electron chi connectivity index (χ4n) is 1.89. The van der Waals surface area contributed by atoms with Crippen molar-refractivity contribution in [2.75, 3.05) is 6.61 Å². The summed E-state index contributed by atoms with van der Waals surface area (Å²) in [5, 5.41) is 28.4. The third-order valence-corrected chi connectivity index (χ3v) is 2.86. The van der Waals surface area contributed by atoms with E-state index in [9.17, 15) is 15.0 Å². The number of nitrogens with two attached hydrogens (primary N) is 1. The van der Waals surface area contributed by atoms with Gasteiger partial charge in [-0.05, 0) is 12.1 Å². The molecule has 2 heterocycles. The number of pyridine rings is 1. The minimum Gasteiger partial charge on any atom is -0.394 e. The topological polar surface area (TPSA) is 126 Å². The van der Waals surface area contributed by atoms with Crippen molar-refractivity contribution < 1.29 is 24.9 Å². The quantitative estimate of drug-likeness (QED) is 0.511. The first kappa shape index (κ1) is 12.9. The molecule has 1 fully saturated rings. The maximum absolute atomic E-state index is 11.0. The van der Waals surface area contributed by atoms with E-state index in [1.807, 2.05) is 0 Å². The van der Waals surface area contributed by atoms with Gasteiger partial charge in [-0.1, -0.05) is 6.07 Å². The summed E-state index contributed by atoms with van der Waals surface area (Å²) in [7, 11) is 0. The van der Waals surface area contributed by atoms with Crippen molar-refractivity contribution in [3.63, 3.8) is 0 Å².